The Morgan fingerprint density at radius 2 is 0.795 bits per heavy atom. The van der Waals surface area contributed by atoms with Gasteiger partial charge in [-0.15, -0.1) is 0 Å². The molecule has 4 heterocycles. The number of ether oxygens (including phenoxy) is 7. The van der Waals surface area contributed by atoms with E-state index >= 15 is 0 Å². The van der Waals surface area contributed by atoms with Crippen LogP contribution in [0.3, 0.4) is 0 Å². The summed E-state index contributed by atoms with van der Waals surface area (Å²) >= 11 is 0. The first-order chi connectivity index (χ1) is 20.6. The molecule has 0 amide bonds. The Bertz CT molecular complexity index is 889. The van der Waals surface area contributed by atoms with Crippen molar-refractivity contribution in [3.05, 3.63) is 0 Å². The van der Waals surface area contributed by atoms with Crippen LogP contribution in [-0.2, 0) is 33.2 Å². The Balaban J connectivity index is 1.60. The van der Waals surface area contributed by atoms with E-state index in [1.807, 2.05) is 0 Å². The third-order valence-electron chi connectivity index (χ3n) is 8.17. The fourth-order valence-corrected chi connectivity index (χ4v) is 5.40. The molecule has 4 rings (SSSR count). The zero-order valence-corrected chi connectivity index (χ0v) is 23.0. The second-order valence-corrected chi connectivity index (χ2v) is 11.1. The molecule has 0 aromatic rings. The maximum Gasteiger partial charge on any atom is 0.311 e. The normalized spacial score (nSPS) is 52.8. The van der Waals surface area contributed by atoms with Crippen molar-refractivity contribution in [2.75, 3.05) is 46.2 Å². The summed E-state index contributed by atoms with van der Waals surface area (Å²) in [5, 5.41) is 143. The van der Waals surface area contributed by atoms with E-state index in [-0.39, 0.29) is 0 Å². The van der Waals surface area contributed by atoms with Crippen LogP contribution in [0.4, 0.5) is 0 Å². The molecule has 14 N–H and O–H groups in total. The number of aliphatic hydroxyl groups excluding tert-OH is 12. The summed E-state index contributed by atoms with van der Waals surface area (Å²) in [4.78, 5) is 0. The largest absolute Gasteiger partial charge is 0.394 e. The van der Waals surface area contributed by atoms with E-state index < -0.39 is 143 Å². The van der Waals surface area contributed by atoms with Gasteiger partial charge in [-0.2, -0.15) is 0 Å². The first-order valence-corrected chi connectivity index (χ1v) is 13.5. The van der Waals surface area contributed by atoms with Gasteiger partial charge < -0.3 is 105 Å². The van der Waals surface area contributed by atoms with Crippen molar-refractivity contribution in [2.24, 2.45) is 0 Å². The summed E-state index contributed by atoms with van der Waals surface area (Å²) in [7, 11) is 0. The highest BCUT2D eigenvalue weighted by Crippen LogP contribution is 2.41. The fraction of sp³-hybridized carbons (Fsp3) is 1.00. The molecule has 21 nitrogen and oxygen atoms in total. The average Bonchev–Trinajstić information content (AvgIpc) is 3.59. The topological polar surface area (TPSA) is 348 Å². The van der Waals surface area contributed by atoms with Crippen LogP contribution >= 0.6 is 0 Å². The molecule has 4 aliphatic rings. The summed E-state index contributed by atoms with van der Waals surface area (Å²) in [6.07, 6.45) is -22.0. The van der Waals surface area contributed by atoms with Gasteiger partial charge in [-0.1, -0.05) is 0 Å². The molecule has 3 unspecified atom stereocenters. The molecule has 4 fully saturated rings. The molecule has 44 heavy (non-hydrogen) atoms. The first-order valence-electron chi connectivity index (χ1n) is 13.5. The Labute approximate surface area is 248 Å². The van der Waals surface area contributed by atoms with Crippen molar-refractivity contribution in [3.63, 3.8) is 0 Å². The Morgan fingerprint density at radius 3 is 1.20 bits per heavy atom. The van der Waals surface area contributed by atoms with Gasteiger partial charge in [-0.05, 0) is 0 Å². The van der Waals surface area contributed by atoms with Crippen LogP contribution < -0.4 is 0 Å². The molecule has 16 atom stereocenters. The van der Waals surface area contributed by atoms with Gasteiger partial charge in [0.15, 0.2) is 6.10 Å². The van der Waals surface area contributed by atoms with Crippen LogP contribution in [0.1, 0.15) is 0 Å². The molecule has 0 aromatic carbocycles. The number of hydrogen-bond donors (Lipinski definition) is 14. The van der Waals surface area contributed by atoms with Gasteiger partial charge >= 0.3 is 5.97 Å². The predicted octanol–water partition coefficient (Wildman–Crippen LogP) is -9.78. The summed E-state index contributed by atoms with van der Waals surface area (Å²) in [6, 6.07) is 0. The zero-order valence-electron chi connectivity index (χ0n) is 23.0. The Morgan fingerprint density at radius 1 is 0.432 bits per heavy atom. The van der Waals surface area contributed by atoms with E-state index in [1.165, 1.54) is 0 Å². The molecule has 258 valence electrons. The zero-order chi connectivity index (χ0) is 32.8. The minimum absolute atomic E-state index is 0.827. The third kappa shape index (κ3) is 6.12. The minimum Gasteiger partial charge on any atom is -0.394 e. The van der Waals surface area contributed by atoms with Gasteiger partial charge in [0, 0.05) is 0 Å². The van der Waals surface area contributed by atoms with Crippen LogP contribution in [0.25, 0.3) is 0 Å². The van der Waals surface area contributed by atoms with Crippen LogP contribution in [-0.4, -0.2) is 214 Å². The number of aliphatic hydroxyl groups is 14. The third-order valence-corrected chi connectivity index (χ3v) is 8.17. The van der Waals surface area contributed by atoms with Crippen molar-refractivity contribution in [1.29, 1.82) is 0 Å². The quantitative estimate of drug-likeness (QED) is 0.0821. The van der Waals surface area contributed by atoms with Gasteiger partial charge in [0.25, 0.3) is 0 Å². The first kappa shape index (κ1) is 36.0. The maximum atomic E-state index is 10.9. The molecule has 0 aromatic heterocycles. The monoisotopic (exact) mass is 652 g/mol. The maximum absolute atomic E-state index is 10.9. The molecule has 0 bridgehead atoms. The lowest BCUT2D eigenvalue weighted by Crippen LogP contribution is -2.59. The lowest BCUT2D eigenvalue weighted by atomic mass is 10.0. The minimum atomic E-state index is -3.03. The lowest BCUT2D eigenvalue weighted by Gasteiger charge is -2.40. The van der Waals surface area contributed by atoms with E-state index in [0.717, 1.165) is 0 Å². The van der Waals surface area contributed by atoms with Gasteiger partial charge in [0.2, 0.25) is 17.4 Å². The SMILES string of the molecule is OC[C@@H]1O[C@](O)(OC[C@@]2(OC[C@@]3(OC[C@@]4(O)O[C@H](CO)C(O)[C@@H]4O)O[C@H](CO)C(O)[C@@H]3O)O[C@H](CO)C(O)[C@@H]2O)[C@H](O)[C@H]1O. The Kier molecular flexibility index (Phi) is 10.9. The highest BCUT2D eigenvalue weighted by Gasteiger charge is 2.64. The fourth-order valence-electron chi connectivity index (χ4n) is 5.40. The van der Waals surface area contributed by atoms with Crippen molar-refractivity contribution in [1.82, 2.24) is 0 Å². The standard InChI is InChI=1S/C23H40O21/c24-1-8-12(28)16(32)20(36,41-8)5-38-21(17(33)13(29)9(2-25)42-21)6-39-22(18(34)14(30)10(3-26)43-22)7-40-23(37)19(35)15(31)11(4-27)44-23/h8-19,24-37H,1-7H2/t8-,9-,10-,11+,12?,13?,14?,15+,16+,17+,18+,19-,20-,21-,22-,23-/m1/s1. The van der Waals surface area contributed by atoms with E-state index in [2.05, 4.69) is 0 Å². The van der Waals surface area contributed by atoms with Crippen molar-refractivity contribution in [2.45, 2.75) is 96.6 Å². The van der Waals surface area contributed by atoms with E-state index in [4.69, 9.17) is 33.2 Å². The van der Waals surface area contributed by atoms with E-state index in [9.17, 15) is 71.5 Å². The van der Waals surface area contributed by atoms with Crippen molar-refractivity contribution in [3.8, 4) is 0 Å². The van der Waals surface area contributed by atoms with Gasteiger partial charge in [0.1, 0.15) is 87.0 Å². The van der Waals surface area contributed by atoms with E-state index in [0.29, 0.717) is 0 Å². The molecular weight excluding hydrogens is 612 g/mol. The van der Waals surface area contributed by atoms with Crippen LogP contribution in [0.2, 0.25) is 0 Å². The summed E-state index contributed by atoms with van der Waals surface area (Å²) in [6.45, 7) is -6.94. The highest BCUT2D eigenvalue weighted by molar-refractivity contribution is 5.02. The smallest absolute Gasteiger partial charge is 0.311 e. The summed E-state index contributed by atoms with van der Waals surface area (Å²) in [5.74, 6) is -11.0. The van der Waals surface area contributed by atoms with Gasteiger partial charge in [-0.25, -0.2) is 0 Å². The molecule has 21 heteroatoms. The molecule has 0 aliphatic carbocycles. The average molecular weight is 653 g/mol. The lowest BCUT2D eigenvalue weighted by molar-refractivity contribution is -0.412. The summed E-state index contributed by atoms with van der Waals surface area (Å²) < 4.78 is 37.4. The molecule has 0 spiro atoms. The van der Waals surface area contributed by atoms with Gasteiger partial charge in [0.05, 0.1) is 26.4 Å². The van der Waals surface area contributed by atoms with Crippen LogP contribution in [0.5, 0.6) is 0 Å². The molecule has 4 aliphatic heterocycles. The molecular formula is C23H40O21. The number of rotatable bonds is 13. The Hall–Kier alpha value is -0.840. The highest BCUT2D eigenvalue weighted by atomic mass is 16.9. The van der Waals surface area contributed by atoms with Crippen molar-refractivity contribution >= 4 is 0 Å². The number of hydrogen-bond acceptors (Lipinski definition) is 21. The van der Waals surface area contributed by atoms with Crippen LogP contribution in [0.15, 0.2) is 0 Å². The van der Waals surface area contributed by atoms with Gasteiger partial charge in [-0.3, -0.25) is 0 Å². The second-order valence-electron chi connectivity index (χ2n) is 11.1. The molecule has 0 saturated carbocycles. The predicted molar refractivity (Wildman–Crippen MR) is 129 cm³/mol. The van der Waals surface area contributed by atoms with Crippen molar-refractivity contribution < 1.29 is 105 Å². The molecule has 4 saturated heterocycles. The second kappa shape index (κ2) is 13.3. The van der Waals surface area contributed by atoms with E-state index in [1.54, 1.807) is 0 Å². The molecule has 0 radical (unpaired) electrons. The summed E-state index contributed by atoms with van der Waals surface area (Å²) in [5.41, 5.74) is 0. The van der Waals surface area contributed by atoms with Crippen LogP contribution in [0, 0.1) is 0 Å².